The summed E-state index contributed by atoms with van der Waals surface area (Å²) in [5.74, 6) is 0.992. The predicted molar refractivity (Wildman–Crippen MR) is 71.9 cm³/mol. The van der Waals surface area contributed by atoms with Gasteiger partial charge in [0.05, 0.1) is 5.02 Å². The van der Waals surface area contributed by atoms with Crippen LogP contribution in [0.1, 0.15) is 43.0 Å². The number of hydrogen-bond acceptors (Lipinski definition) is 1. The molecule has 1 nitrogen and oxygen atoms in total. The van der Waals surface area contributed by atoms with Crippen LogP contribution in [0.3, 0.4) is 0 Å². The first-order chi connectivity index (χ1) is 8.11. The average Bonchev–Trinajstić information content (AvgIpc) is 2.80. The van der Waals surface area contributed by atoms with E-state index < -0.39 is 0 Å². The maximum absolute atomic E-state index is 12.3. The SMILES string of the molecule is CCC1CCC(C(=O)c2cc(Cl)ccc2Cl)C1. The quantitative estimate of drug-likeness (QED) is 0.707. The third-order valence-electron chi connectivity index (χ3n) is 3.68. The van der Waals surface area contributed by atoms with Crippen molar-refractivity contribution in [2.45, 2.75) is 32.6 Å². The third kappa shape index (κ3) is 2.83. The van der Waals surface area contributed by atoms with Gasteiger partial charge in [0.15, 0.2) is 5.78 Å². The van der Waals surface area contributed by atoms with Crippen LogP contribution in [0.15, 0.2) is 18.2 Å². The summed E-state index contributed by atoms with van der Waals surface area (Å²) in [6.45, 7) is 2.18. The number of Topliss-reactive ketones (excluding diaryl/α,β-unsaturated/α-hetero) is 1. The number of carbonyl (C=O) groups is 1. The first-order valence-corrected chi connectivity index (χ1v) is 6.86. The number of rotatable bonds is 3. The fourth-order valence-electron chi connectivity index (χ4n) is 2.59. The van der Waals surface area contributed by atoms with E-state index in [2.05, 4.69) is 6.92 Å². The van der Waals surface area contributed by atoms with Crippen molar-refractivity contribution in [3.8, 4) is 0 Å². The standard InChI is InChI=1S/C14H16Cl2O/c1-2-9-3-4-10(7-9)14(17)12-8-11(15)5-6-13(12)16/h5-6,8-10H,2-4,7H2,1H3. The molecule has 1 aliphatic carbocycles. The summed E-state index contributed by atoms with van der Waals surface area (Å²) in [5.41, 5.74) is 0.584. The van der Waals surface area contributed by atoms with Gasteiger partial charge in [0.25, 0.3) is 0 Å². The highest BCUT2D eigenvalue weighted by molar-refractivity contribution is 6.36. The molecule has 0 spiro atoms. The van der Waals surface area contributed by atoms with Crippen LogP contribution < -0.4 is 0 Å². The molecule has 0 saturated heterocycles. The van der Waals surface area contributed by atoms with Gasteiger partial charge in [-0.05, 0) is 43.4 Å². The Bertz CT molecular complexity index is 428. The molecule has 0 aromatic heterocycles. The van der Waals surface area contributed by atoms with Crippen LogP contribution in [-0.2, 0) is 0 Å². The molecular formula is C14H16Cl2O. The molecule has 1 saturated carbocycles. The molecule has 0 N–H and O–H groups in total. The van der Waals surface area contributed by atoms with Crippen molar-refractivity contribution in [3.63, 3.8) is 0 Å². The minimum Gasteiger partial charge on any atom is -0.294 e. The Morgan fingerprint density at radius 3 is 2.76 bits per heavy atom. The van der Waals surface area contributed by atoms with Gasteiger partial charge in [-0.15, -0.1) is 0 Å². The summed E-state index contributed by atoms with van der Waals surface area (Å²) in [6.07, 6.45) is 4.30. The van der Waals surface area contributed by atoms with Gasteiger partial charge in [0.1, 0.15) is 0 Å². The van der Waals surface area contributed by atoms with Crippen molar-refractivity contribution >= 4 is 29.0 Å². The summed E-state index contributed by atoms with van der Waals surface area (Å²) in [4.78, 5) is 12.3. The van der Waals surface area contributed by atoms with Gasteiger partial charge >= 0.3 is 0 Å². The van der Waals surface area contributed by atoms with E-state index in [-0.39, 0.29) is 11.7 Å². The second kappa shape index (κ2) is 5.41. The number of carbonyl (C=O) groups excluding carboxylic acids is 1. The zero-order valence-electron chi connectivity index (χ0n) is 9.88. The van der Waals surface area contributed by atoms with Crippen molar-refractivity contribution < 1.29 is 4.79 Å². The molecule has 0 bridgehead atoms. The number of ketones is 1. The van der Waals surface area contributed by atoms with Crippen LogP contribution in [0.4, 0.5) is 0 Å². The molecule has 17 heavy (non-hydrogen) atoms. The molecule has 1 aliphatic rings. The van der Waals surface area contributed by atoms with Crippen LogP contribution in [0.25, 0.3) is 0 Å². The van der Waals surface area contributed by atoms with E-state index in [9.17, 15) is 4.79 Å². The lowest BCUT2D eigenvalue weighted by Gasteiger charge is -2.10. The lowest BCUT2D eigenvalue weighted by Crippen LogP contribution is -2.12. The summed E-state index contributed by atoms with van der Waals surface area (Å²) in [5, 5.41) is 1.09. The largest absolute Gasteiger partial charge is 0.294 e. The highest BCUT2D eigenvalue weighted by Gasteiger charge is 2.30. The fraction of sp³-hybridized carbons (Fsp3) is 0.500. The molecule has 3 heteroatoms. The van der Waals surface area contributed by atoms with Crippen molar-refractivity contribution in [2.24, 2.45) is 11.8 Å². The van der Waals surface area contributed by atoms with Gasteiger partial charge < -0.3 is 0 Å². The minimum atomic E-state index is 0.135. The van der Waals surface area contributed by atoms with Crippen LogP contribution in [0.2, 0.25) is 10.0 Å². The van der Waals surface area contributed by atoms with Crippen LogP contribution in [-0.4, -0.2) is 5.78 Å². The molecule has 2 rings (SSSR count). The van der Waals surface area contributed by atoms with E-state index in [1.54, 1.807) is 18.2 Å². The van der Waals surface area contributed by atoms with Gasteiger partial charge in [0, 0.05) is 16.5 Å². The lowest BCUT2D eigenvalue weighted by molar-refractivity contribution is 0.0920. The smallest absolute Gasteiger partial charge is 0.167 e. The van der Waals surface area contributed by atoms with E-state index >= 15 is 0 Å². The van der Waals surface area contributed by atoms with E-state index in [4.69, 9.17) is 23.2 Å². The molecule has 2 atom stereocenters. The van der Waals surface area contributed by atoms with Crippen molar-refractivity contribution in [3.05, 3.63) is 33.8 Å². The molecule has 92 valence electrons. The number of hydrogen-bond donors (Lipinski definition) is 0. The maximum atomic E-state index is 12.3. The number of halogens is 2. The highest BCUT2D eigenvalue weighted by Crippen LogP contribution is 2.36. The molecular weight excluding hydrogens is 255 g/mol. The number of benzene rings is 1. The summed E-state index contributed by atoms with van der Waals surface area (Å²) < 4.78 is 0. The topological polar surface area (TPSA) is 17.1 Å². The predicted octanol–water partition coefficient (Wildman–Crippen LogP) is 5.00. The average molecular weight is 271 g/mol. The Kier molecular flexibility index (Phi) is 4.11. The maximum Gasteiger partial charge on any atom is 0.167 e. The summed E-state index contributed by atoms with van der Waals surface area (Å²) in [7, 11) is 0. The van der Waals surface area contributed by atoms with Crippen LogP contribution in [0.5, 0.6) is 0 Å². The van der Waals surface area contributed by atoms with Crippen molar-refractivity contribution in [1.29, 1.82) is 0 Å². The van der Waals surface area contributed by atoms with Gasteiger partial charge in [-0.3, -0.25) is 4.79 Å². The Morgan fingerprint density at radius 1 is 1.35 bits per heavy atom. The fourth-order valence-corrected chi connectivity index (χ4v) is 2.97. The van der Waals surface area contributed by atoms with Crippen LogP contribution >= 0.6 is 23.2 Å². The molecule has 1 aromatic carbocycles. The zero-order valence-corrected chi connectivity index (χ0v) is 11.4. The Labute approximate surface area is 112 Å². The van der Waals surface area contributed by atoms with Gasteiger partial charge in [-0.2, -0.15) is 0 Å². The van der Waals surface area contributed by atoms with E-state index in [0.717, 1.165) is 25.7 Å². The van der Waals surface area contributed by atoms with Gasteiger partial charge in [0.2, 0.25) is 0 Å². The first kappa shape index (κ1) is 12.9. The molecule has 1 aromatic rings. The van der Waals surface area contributed by atoms with E-state index in [0.29, 0.717) is 21.5 Å². The summed E-state index contributed by atoms with van der Waals surface area (Å²) >= 11 is 12.0. The molecule has 0 heterocycles. The Morgan fingerprint density at radius 2 is 2.12 bits per heavy atom. The van der Waals surface area contributed by atoms with Crippen molar-refractivity contribution in [1.82, 2.24) is 0 Å². The van der Waals surface area contributed by atoms with Gasteiger partial charge in [-0.1, -0.05) is 36.5 Å². The summed E-state index contributed by atoms with van der Waals surface area (Å²) in [6, 6.07) is 5.10. The van der Waals surface area contributed by atoms with Crippen LogP contribution in [0, 0.1) is 11.8 Å². The molecule has 0 radical (unpaired) electrons. The molecule has 2 unspecified atom stereocenters. The normalized spacial score (nSPS) is 23.9. The monoisotopic (exact) mass is 270 g/mol. The zero-order chi connectivity index (χ0) is 12.4. The minimum absolute atomic E-state index is 0.135. The molecule has 0 aliphatic heterocycles. The second-order valence-corrected chi connectivity index (χ2v) is 5.62. The first-order valence-electron chi connectivity index (χ1n) is 6.11. The molecule has 1 fully saturated rings. The lowest BCUT2D eigenvalue weighted by atomic mass is 9.94. The highest BCUT2D eigenvalue weighted by atomic mass is 35.5. The van der Waals surface area contributed by atoms with E-state index in [1.807, 2.05) is 0 Å². The Balaban J connectivity index is 2.17. The second-order valence-electron chi connectivity index (χ2n) is 4.77. The third-order valence-corrected chi connectivity index (χ3v) is 4.25. The van der Waals surface area contributed by atoms with E-state index in [1.165, 1.54) is 0 Å². The van der Waals surface area contributed by atoms with Gasteiger partial charge in [-0.25, -0.2) is 0 Å². The Hall–Kier alpha value is -0.530. The van der Waals surface area contributed by atoms with Crippen molar-refractivity contribution in [2.75, 3.05) is 0 Å². The molecule has 0 amide bonds.